The van der Waals surface area contributed by atoms with Crippen molar-refractivity contribution in [2.75, 3.05) is 18.0 Å². The standard InChI is InChI=1S/C20H23N5O/c26-20(22-14-17-7-6-15-8-11-21-19(15)23-17)24-16-9-12-25(13-10-16)18-4-2-1-3-5-18/h1-8,11,16H,9-10,12-14H2,(H,21,23)(H2,22,24,26). The molecule has 2 amide bonds. The zero-order valence-corrected chi connectivity index (χ0v) is 14.6. The summed E-state index contributed by atoms with van der Waals surface area (Å²) in [4.78, 5) is 22.1. The Labute approximate surface area is 152 Å². The Morgan fingerprint density at radius 3 is 2.73 bits per heavy atom. The van der Waals surface area contributed by atoms with E-state index in [-0.39, 0.29) is 12.1 Å². The first-order valence-electron chi connectivity index (χ1n) is 9.05. The third-order valence-corrected chi connectivity index (χ3v) is 4.85. The van der Waals surface area contributed by atoms with Crippen LogP contribution in [0, 0.1) is 0 Å². The van der Waals surface area contributed by atoms with Crippen LogP contribution in [0.2, 0.25) is 0 Å². The fraction of sp³-hybridized carbons (Fsp3) is 0.300. The Balaban J connectivity index is 1.24. The molecule has 0 unspecified atom stereocenters. The second kappa shape index (κ2) is 7.47. The molecule has 6 nitrogen and oxygen atoms in total. The molecule has 1 saturated heterocycles. The van der Waals surface area contributed by atoms with E-state index in [9.17, 15) is 4.79 Å². The zero-order valence-electron chi connectivity index (χ0n) is 14.6. The van der Waals surface area contributed by atoms with Gasteiger partial charge < -0.3 is 20.5 Å². The highest BCUT2D eigenvalue weighted by Gasteiger charge is 2.20. The Kier molecular flexibility index (Phi) is 4.73. The molecule has 1 aromatic carbocycles. The number of nitrogens with zero attached hydrogens (tertiary/aromatic N) is 2. The minimum Gasteiger partial charge on any atom is -0.371 e. The lowest BCUT2D eigenvalue weighted by molar-refractivity contribution is 0.234. The van der Waals surface area contributed by atoms with E-state index in [0.717, 1.165) is 42.7 Å². The Morgan fingerprint density at radius 2 is 1.92 bits per heavy atom. The number of aromatic nitrogens is 2. The molecule has 3 heterocycles. The van der Waals surface area contributed by atoms with Crippen molar-refractivity contribution in [1.29, 1.82) is 0 Å². The summed E-state index contributed by atoms with van der Waals surface area (Å²) in [5.41, 5.74) is 2.94. The molecule has 3 aromatic rings. The van der Waals surface area contributed by atoms with E-state index in [2.05, 4.69) is 49.8 Å². The number of anilines is 1. The highest BCUT2D eigenvalue weighted by Crippen LogP contribution is 2.19. The molecule has 0 saturated carbocycles. The number of rotatable bonds is 4. The second-order valence-electron chi connectivity index (χ2n) is 6.64. The van der Waals surface area contributed by atoms with Crippen molar-refractivity contribution in [2.24, 2.45) is 0 Å². The first kappa shape index (κ1) is 16.4. The van der Waals surface area contributed by atoms with Gasteiger partial charge in [0.25, 0.3) is 0 Å². The van der Waals surface area contributed by atoms with Crippen molar-refractivity contribution < 1.29 is 4.79 Å². The molecule has 4 rings (SSSR count). The molecule has 1 aliphatic rings. The van der Waals surface area contributed by atoms with Crippen LogP contribution >= 0.6 is 0 Å². The molecule has 1 fully saturated rings. The summed E-state index contributed by atoms with van der Waals surface area (Å²) >= 11 is 0. The van der Waals surface area contributed by atoms with Gasteiger partial charge in [-0.3, -0.25) is 0 Å². The van der Waals surface area contributed by atoms with Gasteiger partial charge in [-0.15, -0.1) is 0 Å². The Bertz CT molecular complexity index is 868. The Hall–Kier alpha value is -3.02. The number of pyridine rings is 1. The van der Waals surface area contributed by atoms with E-state index in [4.69, 9.17) is 0 Å². The number of hydrogen-bond acceptors (Lipinski definition) is 3. The molecule has 0 spiro atoms. The predicted molar refractivity (Wildman–Crippen MR) is 103 cm³/mol. The molecule has 26 heavy (non-hydrogen) atoms. The van der Waals surface area contributed by atoms with Gasteiger partial charge in [0.1, 0.15) is 5.65 Å². The lowest BCUT2D eigenvalue weighted by Gasteiger charge is -2.33. The number of carbonyl (C=O) groups is 1. The molecule has 0 radical (unpaired) electrons. The van der Waals surface area contributed by atoms with Gasteiger partial charge in [-0.1, -0.05) is 18.2 Å². The molecule has 6 heteroatoms. The summed E-state index contributed by atoms with van der Waals surface area (Å²) in [6.45, 7) is 2.34. The molecule has 0 bridgehead atoms. The van der Waals surface area contributed by atoms with Crippen LogP contribution in [0.1, 0.15) is 18.5 Å². The highest BCUT2D eigenvalue weighted by atomic mass is 16.2. The molecular weight excluding hydrogens is 326 g/mol. The lowest BCUT2D eigenvalue weighted by Crippen LogP contribution is -2.47. The number of aromatic amines is 1. The van der Waals surface area contributed by atoms with Crippen LogP contribution in [0.3, 0.4) is 0 Å². The largest absolute Gasteiger partial charge is 0.371 e. The molecule has 134 valence electrons. The maximum absolute atomic E-state index is 12.2. The third kappa shape index (κ3) is 3.79. The number of carbonyl (C=O) groups excluding carboxylic acids is 1. The highest BCUT2D eigenvalue weighted by molar-refractivity contribution is 5.76. The van der Waals surface area contributed by atoms with Crippen LogP contribution in [0.4, 0.5) is 10.5 Å². The fourth-order valence-corrected chi connectivity index (χ4v) is 3.40. The first-order chi connectivity index (χ1) is 12.8. The van der Waals surface area contributed by atoms with Crippen LogP contribution in [0.25, 0.3) is 11.0 Å². The van der Waals surface area contributed by atoms with Crippen molar-refractivity contribution in [3.05, 3.63) is 60.4 Å². The molecule has 0 atom stereocenters. The minimum absolute atomic E-state index is 0.128. The maximum atomic E-state index is 12.2. The quantitative estimate of drug-likeness (QED) is 0.678. The van der Waals surface area contributed by atoms with Crippen molar-refractivity contribution >= 4 is 22.8 Å². The number of para-hydroxylation sites is 1. The number of fused-ring (bicyclic) bond motifs is 1. The van der Waals surface area contributed by atoms with Gasteiger partial charge in [-0.05, 0) is 43.2 Å². The zero-order chi connectivity index (χ0) is 17.8. The van der Waals surface area contributed by atoms with E-state index in [0.29, 0.717) is 6.54 Å². The van der Waals surface area contributed by atoms with Crippen LogP contribution in [0.5, 0.6) is 0 Å². The summed E-state index contributed by atoms with van der Waals surface area (Å²) in [5.74, 6) is 0. The average molecular weight is 349 g/mol. The van der Waals surface area contributed by atoms with Gasteiger partial charge in [0.05, 0.1) is 12.2 Å². The number of hydrogen-bond donors (Lipinski definition) is 3. The van der Waals surface area contributed by atoms with Crippen molar-refractivity contribution in [1.82, 2.24) is 20.6 Å². The van der Waals surface area contributed by atoms with Crippen LogP contribution in [-0.4, -0.2) is 35.1 Å². The maximum Gasteiger partial charge on any atom is 0.315 e. The second-order valence-corrected chi connectivity index (χ2v) is 6.64. The third-order valence-electron chi connectivity index (χ3n) is 4.85. The van der Waals surface area contributed by atoms with Gasteiger partial charge in [0.2, 0.25) is 0 Å². The average Bonchev–Trinajstić information content (AvgIpc) is 3.15. The van der Waals surface area contributed by atoms with Gasteiger partial charge in [0.15, 0.2) is 0 Å². The minimum atomic E-state index is -0.128. The summed E-state index contributed by atoms with van der Waals surface area (Å²) < 4.78 is 0. The van der Waals surface area contributed by atoms with Crippen LogP contribution in [-0.2, 0) is 6.54 Å². The van der Waals surface area contributed by atoms with E-state index in [1.54, 1.807) is 0 Å². The van der Waals surface area contributed by atoms with Gasteiger partial charge in [-0.2, -0.15) is 0 Å². The van der Waals surface area contributed by atoms with Crippen LogP contribution < -0.4 is 15.5 Å². The number of nitrogens with one attached hydrogen (secondary N) is 3. The number of urea groups is 1. The molecule has 1 aliphatic heterocycles. The SMILES string of the molecule is O=C(NCc1ccc2cc[nH]c2n1)NC1CCN(c2ccccc2)CC1. The van der Waals surface area contributed by atoms with E-state index >= 15 is 0 Å². The van der Waals surface area contributed by atoms with Gasteiger partial charge in [-0.25, -0.2) is 9.78 Å². The smallest absolute Gasteiger partial charge is 0.315 e. The molecule has 3 N–H and O–H groups in total. The van der Waals surface area contributed by atoms with Crippen molar-refractivity contribution in [3.63, 3.8) is 0 Å². The van der Waals surface area contributed by atoms with E-state index in [1.807, 2.05) is 30.5 Å². The Morgan fingerprint density at radius 1 is 1.12 bits per heavy atom. The summed E-state index contributed by atoms with van der Waals surface area (Å²) in [5, 5.41) is 7.06. The van der Waals surface area contributed by atoms with Crippen molar-refractivity contribution in [3.8, 4) is 0 Å². The van der Waals surface area contributed by atoms with Gasteiger partial charge in [0, 0.05) is 36.4 Å². The molecule has 0 aliphatic carbocycles. The summed E-state index contributed by atoms with van der Waals surface area (Å²) in [6.07, 6.45) is 3.77. The molecule has 2 aromatic heterocycles. The number of benzene rings is 1. The summed E-state index contributed by atoms with van der Waals surface area (Å²) in [6, 6.07) is 16.4. The lowest BCUT2D eigenvalue weighted by atomic mass is 10.0. The first-order valence-corrected chi connectivity index (χ1v) is 9.05. The summed E-state index contributed by atoms with van der Waals surface area (Å²) in [7, 11) is 0. The van der Waals surface area contributed by atoms with Crippen molar-refractivity contribution in [2.45, 2.75) is 25.4 Å². The van der Waals surface area contributed by atoms with Gasteiger partial charge >= 0.3 is 6.03 Å². The van der Waals surface area contributed by atoms with E-state index < -0.39 is 0 Å². The monoisotopic (exact) mass is 349 g/mol. The van der Waals surface area contributed by atoms with Crippen LogP contribution in [0.15, 0.2) is 54.7 Å². The number of amides is 2. The number of piperidine rings is 1. The predicted octanol–water partition coefficient (Wildman–Crippen LogP) is 3.03. The van der Waals surface area contributed by atoms with E-state index in [1.165, 1.54) is 5.69 Å². The topological polar surface area (TPSA) is 73.0 Å². The number of H-pyrrole nitrogens is 1. The fourth-order valence-electron chi connectivity index (χ4n) is 3.40. The molecular formula is C20H23N5O. The normalized spacial score (nSPS) is 15.2.